The molecule has 1 atom stereocenters. The lowest BCUT2D eigenvalue weighted by Gasteiger charge is -2.23. The van der Waals surface area contributed by atoms with E-state index in [1.165, 1.54) is 19.9 Å². The molecule has 0 unspecified atom stereocenters. The summed E-state index contributed by atoms with van der Waals surface area (Å²) in [5.74, 6) is -2.55. The largest absolute Gasteiger partial charge is 0.465 e. The molecular weight excluding hydrogens is 430 g/mol. The normalized spacial score (nSPS) is 11.3. The molecule has 0 saturated heterocycles. The molecule has 2 aromatic rings. The van der Waals surface area contributed by atoms with E-state index < -0.39 is 35.4 Å². The van der Waals surface area contributed by atoms with Gasteiger partial charge in [0.15, 0.2) is 6.04 Å². The highest BCUT2D eigenvalue weighted by molar-refractivity contribution is 5.99. The number of carbonyl (C=O) groups is 4. The van der Waals surface area contributed by atoms with Crippen molar-refractivity contribution in [1.82, 2.24) is 9.88 Å². The number of amides is 2. The highest BCUT2D eigenvalue weighted by Crippen LogP contribution is 2.23. The van der Waals surface area contributed by atoms with Crippen LogP contribution in [0.25, 0.3) is 0 Å². The van der Waals surface area contributed by atoms with Crippen LogP contribution in [-0.2, 0) is 23.9 Å². The third-order valence-electron chi connectivity index (χ3n) is 4.63. The first-order valence-corrected chi connectivity index (χ1v) is 10.4. The SMILES string of the molecule is CCOC(=O)CNC(=O)c1cc(NC(C)=O)c(=O)n([C@@H](C(=O)OCC)c2ccccc2)c1C. The number of nitrogens with zero attached hydrogens (tertiary/aromatic N) is 1. The quantitative estimate of drug-likeness (QED) is 0.546. The summed E-state index contributed by atoms with van der Waals surface area (Å²) >= 11 is 0. The molecule has 2 rings (SSSR count). The maximum Gasteiger partial charge on any atom is 0.333 e. The Morgan fingerprint density at radius 2 is 1.67 bits per heavy atom. The minimum absolute atomic E-state index is 0.00659. The molecule has 1 aromatic heterocycles. The van der Waals surface area contributed by atoms with E-state index in [1.54, 1.807) is 44.2 Å². The van der Waals surface area contributed by atoms with E-state index in [0.717, 1.165) is 4.57 Å². The topological polar surface area (TPSA) is 133 Å². The number of aromatic nitrogens is 1. The zero-order valence-electron chi connectivity index (χ0n) is 19.0. The minimum atomic E-state index is -1.20. The fraction of sp³-hybridized carbons (Fsp3) is 0.348. The smallest absolute Gasteiger partial charge is 0.333 e. The molecule has 0 spiro atoms. The third-order valence-corrected chi connectivity index (χ3v) is 4.63. The van der Waals surface area contributed by atoms with Crippen molar-refractivity contribution in [1.29, 1.82) is 0 Å². The summed E-state index contributed by atoms with van der Waals surface area (Å²) in [6, 6.07) is 8.47. The Morgan fingerprint density at radius 3 is 2.24 bits per heavy atom. The maximum absolute atomic E-state index is 13.3. The van der Waals surface area contributed by atoms with Crippen molar-refractivity contribution in [2.45, 2.75) is 33.7 Å². The number of benzene rings is 1. The lowest BCUT2D eigenvalue weighted by atomic mass is 10.0. The lowest BCUT2D eigenvalue weighted by molar-refractivity contribution is -0.146. The van der Waals surface area contributed by atoms with Crippen LogP contribution in [0.5, 0.6) is 0 Å². The summed E-state index contributed by atoms with van der Waals surface area (Å²) in [5.41, 5.74) is -0.282. The van der Waals surface area contributed by atoms with Gasteiger partial charge in [-0.2, -0.15) is 0 Å². The lowest BCUT2D eigenvalue weighted by Crippen LogP contribution is -2.38. The molecule has 176 valence electrons. The molecule has 10 heteroatoms. The summed E-state index contributed by atoms with van der Waals surface area (Å²) in [5, 5.41) is 4.83. The van der Waals surface area contributed by atoms with Crippen LogP contribution in [0.2, 0.25) is 0 Å². The molecule has 0 aliphatic carbocycles. The molecule has 0 radical (unpaired) electrons. The van der Waals surface area contributed by atoms with Crippen LogP contribution in [0.15, 0.2) is 41.2 Å². The number of pyridine rings is 1. The van der Waals surface area contributed by atoms with Gasteiger partial charge in [-0.15, -0.1) is 0 Å². The first kappa shape index (κ1) is 25.3. The van der Waals surface area contributed by atoms with Gasteiger partial charge in [-0.3, -0.25) is 23.7 Å². The van der Waals surface area contributed by atoms with Crippen LogP contribution in [0.4, 0.5) is 5.69 Å². The van der Waals surface area contributed by atoms with Crippen molar-refractivity contribution >= 4 is 29.4 Å². The van der Waals surface area contributed by atoms with E-state index >= 15 is 0 Å². The zero-order valence-corrected chi connectivity index (χ0v) is 19.0. The average molecular weight is 457 g/mol. The number of esters is 2. The molecule has 0 fully saturated rings. The van der Waals surface area contributed by atoms with Crippen molar-refractivity contribution in [2.75, 3.05) is 25.1 Å². The van der Waals surface area contributed by atoms with Crippen molar-refractivity contribution in [3.05, 3.63) is 63.6 Å². The van der Waals surface area contributed by atoms with Crippen LogP contribution in [0.3, 0.4) is 0 Å². The Kier molecular flexibility index (Phi) is 8.90. The van der Waals surface area contributed by atoms with E-state index in [0.29, 0.717) is 5.56 Å². The van der Waals surface area contributed by atoms with Crippen molar-refractivity contribution in [2.24, 2.45) is 0 Å². The molecule has 0 bridgehead atoms. The first-order chi connectivity index (χ1) is 15.7. The fourth-order valence-corrected chi connectivity index (χ4v) is 3.25. The van der Waals surface area contributed by atoms with Gasteiger partial charge in [-0.1, -0.05) is 30.3 Å². The average Bonchev–Trinajstić information content (AvgIpc) is 2.77. The summed E-state index contributed by atoms with van der Waals surface area (Å²) in [7, 11) is 0. The van der Waals surface area contributed by atoms with Crippen LogP contribution in [-0.4, -0.2) is 48.1 Å². The fourth-order valence-electron chi connectivity index (χ4n) is 3.25. The van der Waals surface area contributed by atoms with Crippen LogP contribution < -0.4 is 16.2 Å². The molecule has 2 amide bonds. The summed E-state index contributed by atoms with van der Waals surface area (Å²) < 4.78 is 11.1. The predicted octanol–water partition coefficient (Wildman–Crippen LogP) is 1.56. The second-order valence-electron chi connectivity index (χ2n) is 6.97. The first-order valence-electron chi connectivity index (χ1n) is 10.4. The molecule has 10 nitrogen and oxygen atoms in total. The minimum Gasteiger partial charge on any atom is -0.465 e. The Morgan fingerprint density at radius 1 is 1.03 bits per heavy atom. The van der Waals surface area contributed by atoms with Crippen LogP contribution >= 0.6 is 0 Å². The second kappa shape index (κ2) is 11.6. The molecule has 33 heavy (non-hydrogen) atoms. The Bertz CT molecular complexity index is 1090. The second-order valence-corrected chi connectivity index (χ2v) is 6.97. The van der Waals surface area contributed by atoms with Crippen LogP contribution in [0.1, 0.15) is 48.4 Å². The van der Waals surface area contributed by atoms with Gasteiger partial charge in [-0.25, -0.2) is 4.79 Å². The zero-order chi connectivity index (χ0) is 24.5. The monoisotopic (exact) mass is 457 g/mol. The van der Waals surface area contributed by atoms with Gasteiger partial charge in [0, 0.05) is 12.6 Å². The number of ether oxygens (including phenoxy) is 2. The predicted molar refractivity (Wildman–Crippen MR) is 120 cm³/mol. The Hall–Kier alpha value is -3.95. The highest BCUT2D eigenvalue weighted by atomic mass is 16.5. The van der Waals surface area contributed by atoms with E-state index in [1.807, 2.05) is 0 Å². The number of anilines is 1. The van der Waals surface area contributed by atoms with Gasteiger partial charge < -0.3 is 20.1 Å². The number of hydrogen-bond donors (Lipinski definition) is 2. The summed E-state index contributed by atoms with van der Waals surface area (Å²) in [4.78, 5) is 62.4. The van der Waals surface area contributed by atoms with Gasteiger partial charge in [0.25, 0.3) is 11.5 Å². The van der Waals surface area contributed by atoms with Crippen molar-refractivity contribution in [3.63, 3.8) is 0 Å². The maximum atomic E-state index is 13.3. The van der Waals surface area contributed by atoms with Gasteiger partial charge in [-0.05, 0) is 32.4 Å². The van der Waals surface area contributed by atoms with E-state index in [2.05, 4.69) is 10.6 Å². The number of rotatable bonds is 9. The summed E-state index contributed by atoms with van der Waals surface area (Å²) in [6.07, 6.45) is 0. The van der Waals surface area contributed by atoms with Crippen molar-refractivity contribution in [3.8, 4) is 0 Å². The Balaban J connectivity index is 2.68. The number of nitrogens with one attached hydrogen (secondary N) is 2. The highest BCUT2D eigenvalue weighted by Gasteiger charge is 2.30. The van der Waals surface area contributed by atoms with E-state index in [-0.39, 0.29) is 36.7 Å². The molecule has 1 heterocycles. The van der Waals surface area contributed by atoms with Gasteiger partial charge in [0.2, 0.25) is 5.91 Å². The molecule has 0 aliphatic heterocycles. The van der Waals surface area contributed by atoms with Gasteiger partial charge >= 0.3 is 11.9 Å². The van der Waals surface area contributed by atoms with Crippen molar-refractivity contribution < 1.29 is 28.7 Å². The Labute approximate surface area is 190 Å². The molecule has 0 saturated carbocycles. The van der Waals surface area contributed by atoms with Crippen LogP contribution in [0, 0.1) is 6.92 Å². The summed E-state index contributed by atoms with van der Waals surface area (Å²) in [6.45, 7) is 5.83. The number of hydrogen-bond acceptors (Lipinski definition) is 7. The van der Waals surface area contributed by atoms with E-state index in [9.17, 15) is 24.0 Å². The molecular formula is C23H27N3O7. The third kappa shape index (κ3) is 6.28. The molecule has 1 aromatic carbocycles. The van der Waals surface area contributed by atoms with Gasteiger partial charge in [0.05, 0.1) is 18.8 Å². The van der Waals surface area contributed by atoms with Gasteiger partial charge in [0.1, 0.15) is 12.2 Å². The standard InChI is InChI=1S/C23H27N3O7/c1-5-32-19(28)13-24-21(29)17-12-18(25-15(4)27)22(30)26(14(17)3)20(23(31)33-6-2)16-10-8-7-9-11-16/h7-12,20H,5-6,13H2,1-4H3,(H,24,29)(H,25,27)/t20-/m1/s1. The number of carbonyl (C=O) groups excluding carboxylic acids is 4. The molecule has 0 aliphatic rings. The molecule has 2 N–H and O–H groups in total. The van der Waals surface area contributed by atoms with E-state index in [4.69, 9.17) is 9.47 Å².